The van der Waals surface area contributed by atoms with E-state index in [1.807, 2.05) is 19.1 Å². The molecule has 2 rings (SSSR count). The number of rotatable bonds is 2. The molecule has 1 N–H and O–H groups in total. The van der Waals surface area contributed by atoms with Gasteiger partial charge in [-0.05, 0) is 18.6 Å². The van der Waals surface area contributed by atoms with Crippen molar-refractivity contribution in [2.45, 2.75) is 6.92 Å². The second-order valence-corrected chi connectivity index (χ2v) is 4.98. The van der Waals surface area contributed by atoms with Crippen molar-refractivity contribution in [3.63, 3.8) is 0 Å². The SMILES string of the molecule is Cc1cc2[nH]c(=O)oc2cc1N(I)CI. The van der Waals surface area contributed by atoms with Crippen molar-refractivity contribution in [2.24, 2.45) is 0 Å². The van der Waals surface area contributed by atoms with Gasteiger partial charge >= 0.3 is 5.76 Å². The lowest BCUT2D eigenvalue weighted by molar-refractivity contribution is 0.555. The Kier molecular flexibility index (Phi) is 3.24. The number of aromatic amines is 1. The van der Waals surface area contributed by atoms with Gasteiger partial charge in [-0.15, -0.1) is 0 Å². The van der Waals surface area contributed by atoms with E-state index in [1.165, 1.54) is 0 Å². The number of nitrogens with zero attached hydrogens (tertiary/aromatic N) is 1. The summed E-state index contributed by atoms with van der Waals surface area (Å²) in [6, 6.07) is 3.81. The lowest BCUT2D eigenvalue weighted by atomic mass is 10.2. The monoisotopic (exact) mass is 430 g/mol. The second-order valence-electron chi connectivity index (χ2n) is 3.13. The minimum absolute atomic E-state index is 0.406. The summed E-state index contributed by atoms with van der Waals surface area (Å²) in [6.07, 6.45) is 0. The predicted octanol–water partition coefficient (Wildman–Crippen LogP) is 2.98. The van der Waals surface area contributed by atoms with Crippen LogP contribution >= 0.6 is 45.5 Å². The minimum atomic E-state index is -0.406. The molecule has 6 heteroatoms. The number of anilines is 1. The Labute approximate surface area is 114 Å². The number of hydrogen-bond acceptors (Lipinski definition) is 3. The van der Waals surface area contributed by atoms with Gasteiger partial charge in [0.1, 0.15) is 0 Å². The molecule has 0 unspecified atom stereocenters. The fourth-order valence-corrected chi connectivity index (χ4v) is 2.31. The molecule has 15 heavy (non-hydrogen) atoms. The highest BCUT2D eigenvalue weighted by molar-refractivity contribution is 14.1. The number of alkyl halides is 1. The number of hydrogen-bond donors (Lipinski definition) is 1. The smallest absolute Gasteiger partial charge is 0.408 e. The number of benzene rings is 1. The molecule has 1 aromatic heterocycles. The maximum Gasteiger partial charge on any atom is 0.417 e. The Balaban J connectivity index is 2.66. The van der Waals surface area contributed by atoms with E-state index >= 15 is 0 Å². The molecule has 0 saturated carbocycles. The third-order valence-corrected chi connectivity index (χ3v) is 4.95. The quantitative estimate of drug-likeness (QED) is 0.345. The topological polar surface area (TPSA) is 49.2 Å². The van der Waals surface area contributed by atoms with E-state index in [0.717, 1.165) is 21.3 Å². The van der Waals surface area contributed by atoms with Gasteiger partial charge < -0.3 is 7.53 Å². The van der Waals surface area contributed by atoms with Crippen LogP contribution in [0.25, 0.3) is 11.1 Å². The van der Waals surface area contributed by atoms with Crippen LogP contribution in [0, 0.1) is 6.92 Å². The first-order valence-corrected chi connectivity index (χ1v) is 6.73. The summed E-state index contributed by atoms with van der Waals surface area (Å²) in [5.41, 5.74) is 3.54. The van der Waals surface area contributed by atoms with E-state index in [9.17, 15) is 4.79 Å². The molecule has 4 nitrogen and oxygen atoms in total. The van der Waals surface area contributed by atoms with Crippen LogP contribution in [0.15, 0.2) is 21.3 Å². The van der Waals surface area contributed by atoms with Gasteiger partial charge in [0.2, 0.25) is 0 Å². The zero-order chi connectivity index (χ0) is 11.0. The van der Waals surface area contributed by atoms with Crippen LogP contribution in [0.2, 0.25) is 0 Å². The lowest BCUT2D eigenvalue weighted by Crippen LogP contribution is -2.06. The van der Waals surface area contributed by atoms with Crippen molar-refractivity contribution in [3.8, 4) is 0 Å². The fraction of sp³-hybridized carbons (Fsp3) is 0.222. The van der Waals surface area contributed by atoms with Crippen molar-refractivity contribution in [1.82, 2.24) is 4.98 Å². The summed E-state index contributed by atoms with van der Waals surface area (Å²) in [5.74, 6) is -0.406. The van der Waals surface area contributed by atoms with Crippen LogP contribution in [0.3, 0.4) is 0 Å². The van der Waals surface area contributed by atoms with E-state index in [0.29, 0.717) is 5.58 Å². The molecule has 80 valence electrons. The van der Waals surface area contributed by atoms with Crippen molar-refractivity contribution in [3.05, 3.63) is 28.2 Å². The zero-order valence-corrected chi connectivity index (χ0v) is 12.2. The molecule has 0 spiro atoms. The first kappa shape index (κ1) is 11.2. The van der Waals surface area contributed by atoms with Gasteiger partial charge in [-0.2, -0.15) is 0 Å². The summed E-state index contributed by atoms with van der Waals surface area (Å²) in [7, 11) is 0. The van der Waals surface area contributed by atoms with Gasteiger partial charge in [-0.25, -0.2) is 4.79 Å². The number of oxazole rings is 1. The Morgan fingerprint density at radius 2 is 2.27 bits per heavy atom. The molecule has 0 aliphatic carbocycles. The van der Waals surface area contributed by atoms with Crippen LogP contribution in [-0.2, 0) is 0 Å². The number of aromatic nitrogens is 1. The highest BCUT2D eigenvalue weighted by Crippen LogP contribution is 2.28. The number of aryl methyl sites for hydroxylation is 1. The summed E-state index contributed by atoms with van der Waals surface area (Å²) in [4.78, 5) is 13.7. The molecule has 0 bridgehead atoms. The molecule has 0 aliphatic rings. The molecule has 0 fully saturated rings. The highest BCUT2D eigenvalue weighted by atomic mass is 127. The number of nitrogens with one attached hydrogen (secondary N) is 1. The van der Waals surface area contributed by atoms with Gasteiger partial charge in [-0.1, -0.05) is 22.6 Å². The van der Waals surface area contributed by atoms with Crippen LogP contribution in [-0.4, -0.2) is 9.54 Å². The highest BCUT2D eigenvalue weighted by Gasteiger charge is 2.09. The van der Waals surface area contributed by atoms with Crippen LogP contribution in [0.1, 0.15) is 5.56 Å². The molecule has 2 aromatic rings. The van der Waals surface area contributed by atoms with Gasteiger partial charge in [0.25, 0.3) is 0 Å². The third-order valence-electron chi connectivity index (χ3n) is 2.10. The summed E-state index contributed by atoms with van der Waals surface area (Å²) >= 11 is 4.51. The van der Waals surface area contributed by atoms with Crippen molar-refractivity contribution >= 4 is 62.2 Å². The van der Waals surface area contributed by atoms with Crippen LogP contribution < -0.4 is 8.87 Å². The number of H-pyrrole nitrogens is 1. The first-order valence-electron chi connectivity index (χ1n) is 4.24. The number of fused-ring (bicyclic) bond motifs is 1. The van der Waals surface area contributed by atoms with Gasteiger partial charge in [-0.3, -0.25) is 4.98 Å². The van der Waals surface area contributed by atoms with E-state index in [2.05, 4.69) is 53.6 Å². The molecule has 0 aliphatic heterocycles. The minimum Gasteiger partial charge on any atom is -0.408 e. The van der Waals surface area contributed by atoms with Crippen molar-refractivity contribution in [2.75, 3.05) is 7.66 Å². The Bertz CT molecular complexity index is 547. The average Bonchev–Trinajstić information content (AvgIpc) is 2.55. The summed E-state index contributed by atoms with van der Waals surface area (Å²) in [5, 5.41) is 0. The summed E-state index contributed by atoms with van der Waals surface area (Å²) in [6.45, 7) is 2.01. The molecule has 1 aromatic carbocycles. The van der Waals surface area contributed by atoms with E-state index < -0.39 is 5.76 Å². The van der Waals surface area contributed by atoms with Gasteiger partial charge in [0.05, 0.1) is 38.6 Å². The predicted molar refractivity (Wildman–Crippen MR) is 77.0 cm³/mol. The largest absolute Gasteiger partial charge is 0.417 e. The van der Waals surface area contributed by atoms with Crippen LogP contribution in [0.5, 0.6) is 0 Å². The Morgan fingerprint density at radius 3 is 2.93 bits per heavy atom. The third kappa shape index (κ3) is 2.14. The van der Waals surface area contributed by atoms with Gasteiger partial charge in [0.15, 0.2) is 5.58 Å². The molecular weight excluding hydrogens is 422 g/mol. The van der Waals surface area contributed by atoms with E-state index in [1.54, 1.807) is 0 Å². The first-order chi connectivity index (χ1) is 7.11. The fourth-order valence-electron chi connectivity index (χ4n) is 1.42. The molecule has 0 amide bonds. The van der Waals surface area contributed by atoms with E-state index in [4.69, 9.17) is 4.42 Å². The number of halogens is 2. The maximum atomic E-state index is 11.0. The van der Waals surface area contributed by atoms with Crippen molar-refractivity contribution < 1.29 is 4.42 Å². The summed E-state index contributed by atoms with van der Waals surface area (Å²) < 4.78 is 7.96. The standard InChI is InChI=1S/C9H8I2N2O2/c1-5-2-6-8(15-9(14)12-6)3-7(5)13(11)4-10/h2-3H,4H2,1H3,(H,12,14). The zero-order valence-electron chi connectivity index (χ0n) is 7.88. The molecule has 1 heterocycles. The maximum absolute atomic E-state index is 11.0. The van der Waals surface area contributed by atoms with Crippen LogP contribution in [0.4, 0.5) is 5.69 Å². The molecule has 0 atom stereocenters. The molecular formula is C9H8I2N2O2. The normalized spacial score (nSPS) is 10.9. The Hall–Kier alpha value is -0.250. The lowest BCUT2D eigenvalue weighted by Gasteiger charge is -2.15. The second kappa shape index (κ2) is 4.32. The van der Waals surface area contributed by atoms with E-state index in [-0.39, 0.29) is 0 Å². The molecule has 0 saturated heterocycles. The molecule has 0 radical (unpaired) electrons. The Morgan fingerprint density at radius 1 is 1.53 bits per heavy atom. The van der Waals surface area contributed by atoms with Crippen molar-refractivity contribution in [1.29, 1.82) is 0 Å². The average molecular weight is 430 g/mol. The van der Waals surface area contributed by atoms with Gasteiger partial charge in [0, 0.05) is 6.07 Å².